The van der Waals surface area contributed by atoms with Crippen molar-refractivity contribution >= 4 is 47.5 Å². The number of carbonyl (C=O) groups is 8. The van der Waals surface area contributed by atoms with E-state index in [1.54, 1.807) is 27.7 Å². The van der Waals surface area contributed by atoms with Gasteiger partial charge >= 0.3 is 36.6 Å². The van der Waals surface area contributed by atoms with Crippen molar-refractivity contribution in [2.75, 3.05) is 28.2 Å². The third kappa shape index (κ3) is 21.0. The Labute approximate surface area is 459 Å². The van der Waals surface area contributed by atoms with Crippen molar-refractivity contribution in [2.45, 2.75) is 180 Å². The van der Waals surface area contributed by atoms with Gasteiger partial charge in [0.05, 0.1) is 0 Å². The molecule has 8 atom stereocenters. The number of ether oxygens (including phenoxy) is 6. The van der Waals surface area contributed by atoms with Crippen molar-refractivity contribution in [3.05, 3.63) is 59.7 Å². The molecule has 1 aliphatic rings. The first-order chi connectivity index (χ1) is 36.6. The second kappa shape index (κ2) is 27.6. The predicted molar refractivity (Wildman–Crippen MR) is 269 cm³/mol. The number of likely N-dealkylation sites (N-methyl/N-ethyl adjacent to an activating group) is 4. The highest BCUT2D eigenvalue weighted by atomic mass is 19.4. The minimum atomic E-state index is -5.07. The highest BCUT2D eigenvalue weighted by molar-refractivity contribution is 5.94. The van der Waals surface area contributed by atoms with Crippen LogP contribution in [0.5, 0.6) is 11.5 Å². The van der Waals surface area contributed by atoms with Crippen LogP contribution in [-0.2, 0) is 70.1 Å². The highest BCUT2D eigenvalue weighted by Crippen LogP contribution is 2.29. The monoisotopic (exact) mass is 1150 g/mol. The van der Waals surface area contributed by atoms with Crippen molar-refractivity contribution in [3.63, 3.8) is 0 Å². The molecule has 80 heavy (non-hydrogen) atoms. The lowest BCUT2D eigenvalue weighted by Crippen LogP contribution is -2.55. The summed E-state index contributed by atoms with van der Waals surface area (Å²) in [5, 5.41) is 0. The standard InChI is InChI=1S/C54H72F8N4O14/c1-29(2)23-37-47(71)75-31(5)43(67)65(13)40(28-52(9,10)56)50(74)78-42(26-34-17-21-36(22-18-34)80-54(60,61)62)46(70)64(12)38(24-30(3)4)48(72)76-32(6)44(68)66(14)39(27-51(7,8)55)49(73)77-41(45(69)63(37)11)25-33-15-19-35(20-16-33)79-53(57,58)59/h15-22,29-32,37-42H,23-28H2,1-14H3/t31-,32-,37+,38+,39+,40+,41-,42-/m1/s1. The van der Waals surface area contributed by atoms with Gasteiger partial charge < -0.3 is 48.0 Å². The van der Waals surface area contributed by atoms with Crippen molar-refractivity contribution in [1.82, 2.24) is 19.6 Å². The second-order valence-corrected chi connectivity index (χ2v) is 21.8. The molecule has 0 unspecified atom stereocenters. The van der Waals surface area contributed by atoms with Gasteiger partial charge in [-0.2, -0.15) is 0 Å². The maximum Gasteiger partial charge on any atom is 0.573 e. The minimum Gasteiger partial charge on any atom is -0.451 e. The van der Waals surface area contributed by atoms with Gasteiger partial charge in [-0.1, -0.05) is 52.0 Å². The third-order valence-corrected chi connectivity index (χ3v) is 12.6. The molecule has 3 rings (SSSR count). The number of hydrogen-bond donors (Lipinski definition) is 0. The molecule has 1 saturated heterocycles. The van der Waals surface area contributed by atoms with Crippen LogP contribution >= 0.6 is 0 Å². The summed E-state index contributed by atoms with van der Waals surface area (Å²) in [5.41, 5.74) is -4.36. The van der Waals surface area contributed by atoms with Gasteiger partial charge in [0.1, 0.15) is 47.0 Å². The molecule has 0 N–H and O–H groups in total. The molecule has 1 heterocycles. The topological polar surface area (TPSA) is 205 Å². The summed E-state index contributed by atoms with van der Waals surface area (Å²) in [4.78, 5) is 118. The summed E-state index contributed by atoms with van der Waals surface area (Å²) in [6, 6.07) is 1.14. The van der Waals surface area contributed by atoms with Crippen LogP contribution in [0.1, 0.15) is 106 Å². The Hall–Kier alpha value is -6.76. The molecule has 18 nitrogen and oxygen atoms in total. The van der Waals surface area contributed by atoms with E-state index in [0.29, 0.717) is 9.80 Å². The van der Waals surface area contributed by atoms with E-state index in [2.05, 4.69) is 9.47 Å². The van der Waals surface area contributed by atoms with E-state index in [1.165, 1.54) is 0 Å². The predicted octanol–water partition coefficient (Wildman–Crippen LogP) is 7.65. The number of benzene rings is 2. The fourth-order valence-electron chi connectivity index (χ4n) is 8.52. The first-order valence-electron chi connectivity index (χ1n) is 25.5. The maximum atomic E-state index is 15.7. The van der Waals surface area contributed by atoms with Crippen molar-refractivity contribution in [3.8, 4) is 11.5 Å². The van der Waals surface area contributed by atoms with Gasteiger partial charge in [0.25, 0.3) is 23.6 Å². The number of carbonyl (C=O) groups excluding carboxylic acids is 8. The third-order valence-electron chi connectivity index (χ3n) is 12.6. The van der Waals surface area contributed by atoms with E-state index in [4.69, 9.17) is 18.9 Å². The van der Waals surface area contributed by atoms with E-state index < -0.39 is 169 Å². The molecule has 4 amide bonds. The molecule has 26 heteroatoms. The quantitative estimate of drug-likeness (QED) is 0.101. The van der Waals surface area contributed by atoms with Gasteiger partial charge in [0.2, 0.25) is 0 Å². The molecule has 0 spiro atoms. The van der Waals surface area contributed by atoms with Gasteiger partial charge in [-0.25, -0.2) is 28.0 Å². The molecule has 0 aromatic heterocycles. The zero-order chi connectivity index (χ0) is 61.2. The molecule has 1 aliphatic heterocycles. The average molecular weight is 1150 g/mol. The molecule has 2 aromatic carbocycles. The Morgan fingerprint density at radius 3 is 0.950 bits per heavy atom. The van der Waals surface area contributed by atoms with Crippen LogP contribution in [0.4, 0.5) is 35.1 Å². The van der Waals surface area contributed by atoms with Crippen LogP contribution in [0.2, 0.25) is 0 Å². The smallest absolute Gasteiger partial charge is 0.451 e. The minimum absolute atomic E-state index is 0.0775. The Morgan fingerprint density at radius 2 is 0.700 bits per heavy atom. The average Bonchev–Trinajstić information content (AvgIpc) is 3.32. The number of esters is 4. The number of hydrogen-bond acceptors (Lipinski definition) is 14. The molecule has 448 valence electrons. The number of nitrogens with zero attached hydrogens (tertiary/aromatic N) is 4. The Bertz CT molecular complexity index is 2310. The summed E-state index contributed by atoms with van der Waals surface area (Å²) in [6.45, 7) is 13.1. The number of rotatable bonds is 14. The second-order valence-electron chi connectivity index (χ2n) is 21.8. The Balaban J connectivity index is 2.32. The molecule has 0 aliphatic carbocycles. The number of halogens is 8. The number of amides is 4. The van der Waals surface area contributed by atoms with Crippen LogP contribution < -0.4 is 9.47 Å². The van der Waals surface area contributed by atoms with Crippen molar-refractivity contribution in [2.24, 2.45) is 11.8 Å². The SMILES string of the molecule is CC(C)C[C@H]1C(=O)O[C@H](C)C(=O)N(C)[C@@H](CC(C)(C)F)C(=O)O[C@H](Cc2ccc(OC(F)(F)F)cc2)C(=O)N(C)[C@@H](CC(C)C)C(=O)O[C@H](C)C(=O)N(C)[C@@H](CC(C)(C)F)C(=O)O[C@H](Cc2ccc(OC(F)(F)F)cc2)C(=O)N1C. The lowest BCUT2D eigenvalue weighted by molar-refractivity contribution is -0.275. The first kappa shape index (κ1) is 67.5. The van der Waals surface area contributed by atoms with Crippen LogP contribution in [0, 0.1) is 11.8 Å². The lowest BCUT2D eigenvalue weighted by Gasteiger charge is -2.36. The van der Waals surface area contributed by atoms with Crippen LogP contribution in [0.25, 0.3) is 0 Å². The van der Waals surface area contributed by atoms with E-state index in [-0.39, 0.29) is 24.0 Å². The van der Waals surface area contributed by atoms with Crippen molar-refractivity contribution in [1.29, 1.82) is 0 Å². The molecule has 1 fully saturated rings. The van der Waals surface area contributed by atoms with Gasteiger partial charge in [-0.05, 0) is 102 Å². The van der Waals surface area contributed by atoms with E-state index in [0.717, 1.165) is 128 Å². The van der Waals surface area contributed by atoms with Crippen LogP contribution in [-0.4, -0.2) is 168 Å². The number of alkyl halides is 8. The highest BCUT2D eigenvalue weighted by Gasteiger charge is 2.45. The fourth-order valence-corrected chi connectivity index (χ4v) is 8.52. The van der Waals surface area contributed by atoms with E-state index in [1.807, 2.05) is 0 Å². The molecule has 2 aromatic rings. The molecular weight excluding hydrogens is 1080 g/mol. The van der Waals surface area contributed by atoms with Gasteiger partial charge in [0, 0.05) is 53.9 Å². The lowest BCUT2D eigenvalue weighted by atomic mass is 9.98. The van der Waals surface area contributed by atoms with Gasteiger partial charge in [-0.3, -0.25) is 19.2 Å². The summed E-state index contributed by atoms with van der Waals surface area (Å²) >= 11 is 0. The summed E-state index contributed by atoms with van der Waals surface area (Å²) in [6.07, 6.45) is -20.9. The zero-order valence-electron chi connectivity index (χ0n) is 47.2. The van der Waals surface area contributed by atoms with Crippen LogP contribution in [0.3, 0.4) is 0 Å². The van der Waals surface area contributed by atoms with Crippen molar-refractivity contribution < 1.29 is 102 Å². The first-order valence-corrected chi connectivity index (χ1v) is 25.5. The van der Waals surface area contributed by atoms with E-state index >= 15 is 8.78 Å². The normalized spacial score (nSPS) is 23.9. The maximum absolute atomic E-state index is 15.7. The number of cyclic esters (lactones) is 4. The zero-order valence-corrected chi connectivity index (χ0v) is 47.2. The van der Waals surface area contributed by atoms with Crippen LogP contribution in [0.15, 0.2) is 48.5 Å². The summed E-state index contributed by atoms with van der Waals surface area (Å²) in [5.74, 6) is -11.9. The van der Waals surface area contributed by atoms with Gasteiger partial charge in [-0.15, -0.1) is 26.3 Å². The largest absolute Gasteiger partial charge is 0.573 e. The Kier molecular flexibility index (Phi) is 23.3. The summed E-state index contributed by atoms with van der Waals surface area (Å²) < 4.78 is 140. The van der Waals surface area contributed by atoms with Gasteiger partial charge in [0.15, 0.2) is 24.4 Å². The molecule has 0 bridgehead atoms. The summed E-state index contributed by atoms with van der Waals surface area (Å²) in [7, 11) is 4.33. The molecular formula is C54H72F8N4O14. The van der Waals surface area contributed by atoms with E-state index in [9.17, 15) is 64.7 Å². The molecule has 0 radical (unpaired) electrons. The Morgan fingerprint density at radius 1 is 0.438 bits per heavy atom. The fraction of sp³-hybridized carbons (Fsp3) is 0.630. The molecule has 0 saturated carbocycles.